The van der Waals surface area contributed by atoms with Crippen LogP contribution in [0.2, 0.25) is 0 Å². The molecule has 0 saturated heterocycles. The van der Waals surface area contributed by atoms with Crippen LogP contribution in [-0.4, -0.2) is 16.8 Å². The molecule has 3 rings (SSSR count). The van der Waals surface area contributed by atoms with E-state index in [1.165, 1.54) is 0 Å². The van der Waals surface area contributed by atoms with Gasteiger partial charge in [-0.15, -0.1) is 0 Å². The van der Waals surface area contributed by atoms with Gasteiger partial charge in [-0.05, 0) is 34.5 Å². The van der Waals surface area contributed by atoms with Crippen molar-refractivity contribution < 1.29 is 9.59 Å². The lowest BCUT2D eigenvalue weighted by molar-refractivity contribution is -0.120. The maximum atomic E-state index is 12.1. The van der Waals surface area contributed by atoms with Crippen LogP contribution in [0.15, 0.2) is 60.8 Å². The van der Waals surface area contributed by atoms with Gasteiger partial charge < -0.3 is 16.0 Å². The lowest BCUT2D eigenvalue weighted by Crippen LogP contribution is -2.37. The van der Waals surface area contributed by atoms with Crippen molar-refractivity contribution in [3.8, 4) is 0 Å². The average molecular weight is 293 g/mol. The number of rotatable bonds is 4. The van der Waals surface area contributed by atoms with Crippen LogP contribution >= 0.6 is 0 Å². The zero-order valence-corrected chi connectivity index (χ0v) is 11.7. The highest BCUT2D eigenvalue weighted by molar-refractivity contribution is 5.96. The lowest BCUT2D eigenvalue weighted by Gasteiger charge is -2.16. The van der Waals surface area contributed by atoms with Gasteiger partial charge in [0.15, 0.2) is 0 Å². The normalized spacial score (nSPS) is 12.0. The number of aromatic nitrogens is 1. The van der Waals surface area contributed by atoms with Gasteiger partial charge in [-0.25, -0.2) is 0 Å². The number of nitrogens with one attached hydrogen (secondary N) is 2. The maximum absolute atomic E-state index is 12.1. The minimum atomic E-state index is -0.875. The topological polar surface area (TPSA) is 88.0 Å². The van der Waals surface area contributed by atoms with Crippen molar-refractivity contribution in [1.82, 2.24) is 10.3 Å². The second-order valence-corrected chi connectivity index (χ2v) is 5.00. The van der Waals surface area contributed by atoms with E-state index in [0.29, 0.717) is 11.3 Å². The Morgan fingerprint density at radius 3 is 2.45 bits per heavy atom. The van der Waals surface area contributed by atoms with Crippen LogP contribution in [0.1, 0.15) is 22.1 Å². The standard InChI is InChI=1S/C17H15N3O2/c18-16(21)15(20-17(22)14-6-3-9-19-14)13-8-7-11-4-1-2-5-12(11)10-13/h1-10,15,19H,(H2,18,21)(H,20,22). The fraction of sp³-hybridized carbons (Fsp3) is 0.0588. The number of benzene rings is 2. The van der Waals surface area contributed by atoms with E-state index in [0.717, 1.165) is 10.8 Å². The van der Waals surface area contributed by atoms with Crippen LogP contribution in [0.5, 0.6) is 0 Å². The molecule has 0 aliphatic carbocycles. The van der Waals surface area contributed by atoms with Gasteiger partial charge in [0.25, 0.3) is 5.91 Å². The highest BCUT2D eigenvalue weighted by Gasteiger charge is 2.21. The van der Waals surface area contributed by atoms with Crippen molar-refractivity contribution in [2.45, 2.75) is 6.04 Å². The molecule has 2 amide bonds. The molecule has 2 aromatic carbocycles. The summed E-state index contributed by atoms with van der Waals surface area (Å²) >= 11 is 0. The van der Waals surface area contributed by atoms with E-state index in [1.54, 1.807) is 24.4 Å². The van der Waals surface area contributed by atoms with Gasteiger partial charge in [-0.3, -0.25) is 9.59 Å². The number of carbonyl (C=O) groups is 2. The van der Waals surface area contributed by atoms with E-state index in [2.05, 4.69) is 10.3 Å². The third-order valence-electron chi connectivity index (χ3n) is 3.51. The summed E-state index contributed by atoms with van der Waals surface area (Å²) in [6.45, 7) is 0. The summed E-state index contributed by atoms with van der Waals surface area (Å²) in [4.78, 5) is 26.6. The highest BCUT2D eigenvalue weighted by Crippen LogP contribution is 2.20. The Hall–Kier alpha value is -3.08. The summed E-state index contributed by atoms with van der Waals surface area (Å²) in [5.41, 5.74) is 6.49. The van der Waals surface area contributed by atoms with Gasteiger partial charge in [0.05, 0.1) is 0 Å². The molecule has 0 bridgehead atoms. The highest BCUT2D eigenvalue weighted by atomic mass is 16.2. The smallest absolute Gasteiger partial charge is 0.268 e. The molecular formula is C17H15N3O2. The predicted octanol–water partition coefficient (Wildman–Crippen LogP) is 2.12. The quantitative estimate of drug-likeness (QED) is 0.688. The maximum Gasteiger partial charge on any atom is 0.268 e. The molecular weight excluding hydrogens is 278 g/mol. The zero-order valence-electron chi connectivity index (χ0n) is 11.7. The zero-order chi connectivity index (χ0) is 15.5. The van der Waals surface area contributed by atoms with Crippen molar-refractivity contribution >= 4 is 22.6 Å². The first kappa shape index (κ1) is 13.9. The van der Waals surface area contributed by atoms with E-state index in [-0.39, 0.29) is 5.91 Å². The summed E-state index contributed by atoms with van der Waals surface area (Å²) in [7, 11) is 0. The molecule has 22 heavy (non-hydrogen) atoms. The van der Waals surface area contributed by atoms with Gasteiger partial charge in [0, 0.05) is 6.20 Å². The number of hydrogen-bond donors (Lipinski definition) is 3. The number of primary amides is 1. The average Bonchev–Trinajstić information content (AvgIpc) is 3.06. The van der Waals surface area contributed by atoms with Crippen molar-refractivity contribution in [2.24, 2.45) is 5.73 Å². The molecule has 1 unspecified atom stereocenters. The monoisotopic (exact) mass is 293 g/mol. The molecule has 4 N–H and O–H groups in total. The number of aromatic amines is 1. The number of carbonyl (C=O) groups excluding carboxylic acids is 2. The molecule has 3 aromatic rings. The number of nitrogens with two attached hydrogens (primary N) is 1. The molecule has 110 valence electrons. The molecule has 0 aliphatic rings. The van der Waals surface area contributed by atoms with E-state index < -0.39 is 11.9 Å². The van der Waals surface area contributed by atoms with Crippen LogP contribution < -0.4 is 11.1 Å². The first-order valence-electron chi connectivity index (χ1n) is 6.87. The van der Waals surface area contributed by atoms with Crippen molar-refractivity contribution in [1.29, 1.82) is 0 Å². The third-order valence-corrected chi connectivity index (χ3v) is 3.51. The van der Waals surface area contributed by atoms with Gasteiger partial charge in [-0.2, -0.15) is 0 Å². The van der Waals surface area contributed by atoms with Gasteiger partial charge in [0.2, 0.25) is 5.91 Å². The fourth-order valence-electron chi connectivity index (χ4n) is 2.39. The van der Waals surface area contributed by atoms with Crippen molar-refractivity contribution in [3.63, 3.8) is 0 Å². The molecule has 5 heteroatoms. The summed E-state index contributed by atoms with van der Waals surface area (Å²) in [6, 6.07) is 15.8. The number of amides is 2. The Balaban J connectivity index is 1.92. The molecule has 1 heterocycles. The van der Waals surface area contributed by atoms with E-state index in [1.807, 2.05) is 36.4 Å². The molecule has 1 atom stereocenters. The van der Waals surface area contributed by atoms with Crippen LogP contribution in [0.4, 0.5) is 0 Å². The molecule has 0 spiro atoms. The number of hydrogen-bond acceptors (Lipinski definition) is 2. The number of fused-ring (bicyclic) bond motifs is 1. The first-order valence-corrected chi connectivity index (χ1v) is 6.87. The predicted molar refractivity (Wildman–Crippen MR) is 84.1 cm³/mol. The molecule has 0 saturated carbocycles. The van der Waals surface area contributed by atoms with Crippen LogP contribution in [-0.2, 0) is 4.79 Å². The molecule has 0 fully saturated rings. The van der Waals surface area contributed by atoms with Crippen LogP contribution in [0.3, 0.4) is 0 Å². The molecule has 0 radical (unpaired) electrons. The summed E-state index contributed by atoms with van der Waals surface area (Å²) in [5, 5.41) is 4.70. The van der Waals surface area contributed by atoms with E-state index in [4.69, 9.17) is 5.73 Å². The van der Waals surface area contributed by atoms with Gasteiger partial charge in [-0.1, -0.05) is 36.4 Å². The van der Waals surface area contributed by atoms with Crippen LogP contribution in [0, 0.1) is 0 Å². The van der Waals surface area contributed by atoms with Crippen LogP contribution in [0.25, 0.3) is 10.8 Å². The Kier molecular flexibility index (Phi) is 3.62. The minimum Gasteiger partial charge on any atom is -0.368 e. The largest absolute Gasteiger partial charge is 0.368 e. The second kappa shape index (κ2) is 5.73. The lowest BCUT2D eigenvalue weighted by atomic mass is 10.0. The van der Waals surface area contributed by atoms with E-state index >= 15 is 0 Å². The summed E-state index contributed by atoms with van der Waals surface area (Å²) < 4.78 is 0. The molecule has 1 aromatic heterocycles. The van der Waals surface area contributed by atoms with Gasteiger partial charge in [0.1, 0.15) is 11.7 Å². The van der Waals surface area contributed by atoms with Crippen molar-refractivity contribution in [3.05, 3.63) is 72.1 Å². The summed E-state index contributed by atoms with van der Waals surface area (Å²) in [5.74, 6) is -0.975. The minimum absolute atomic E-state index is 0.373. The SMILES string of the molecule is NC(=O)C(NC(=O)c1ccc[nH]1)c1ccc2ccccc2c1. The Morgan fingerprint density at radius 1 is 1.00 bits per heavy atom. The molecule has 0 aliphatic heterocycles. The Morgan fingerprint density at radius 2 is 1.77 bits per heavy atom. The Labute approximate surface area is 127 Å². The van der Waals surface area contributed by atoms with E-state index in [9.17, 15) is 9.59 Å². The Bertz CT molecular complexity index is 825. The molecule has 5 nitrogen and oxygen atoms in total. The third kappa shape index (κ3) is 2.69. The number of H-pyrrole nitrogens is 1. The van der Waals surface area contributed by atoms with Crippen molar-refractivity contribution in [2.75, 3.05) is 0 Å². The fourth-order valence-corrected chi connectivity index (χ4v) is 2.39. The first-order chi connectivity index (χ1) is 10.6. The second-order valence-electron chi connectivity index (χ2n) is 5.00. The van der Waals surface area contributed by atoms with Gasteiger partial charge >= 0.3 is 0 Å². The summed E-state index contributed by atoms with van der Waals surface area (Å²) in [6.07, 6.45) is 1.64.